The molecule has 0 saturated heterocycles. The van der Waals surface area contributed by atoms with Crippen LogP contribution in [0.4, 0.5) is 5.69 Å². The number of nitrogens with one attached hydrogen (secondary N) is 1. The molecule has 0 amide bonds. The second-order valence-corrected chi connectivity index (χ2v) is 4.96. The zero-order valence-corrected chi connectivity index (χ0v) is 10.1. The van der Waals surface area contributed by atoms with Crippen molar-refractivity contribution in [2.45, 2.75) is 13.5 Å². The summed E-state index contributed by atoms with van der Waals surface area (Å²) in [5.74, 6) is 0. The van der Waals surface area contributed by atoms with Gasteiger partial charge in [0.25, 0.3) is 0 Å². The Morgan fingerprint density at radius 2 is 2.00 bits per heavy atom. The highest BCUT2D eigenvalue weighted by Crippen LogP contribution is 2.24. The van der Waals surface area contributed by atoms with Crippen molar-refractivity contribution in [2.75, 3.05) is 5.32 Å². The van der Waals surface area contributed by atoms with E-state index in [4.69, 9.17) is 11.6 Å². The van der Waals surface area contributed by atoms with E-state index in [0.717, 1.165) is 11.6 Å². The SMILES string of the molecule is Cc1cscc1NCc1cscc1Cl. The minimum Gasteiger partial charge on any atom is -0.380 e. The number of rotatable bonds is 3. The van der Waals surface area contributed by atoms with E-state index < -0.39 is 0 Å². The van der Waals surface area contributed by atoms with Gasteiger partial charge in [0.15, 0.2) is 0 Å². The first-order chi connectivity index (χ1) is 6.77. The molecule has 0 spiro atoms. The Bertz CT molecular complexity index is 379. The van der Waals surface area contributed by atoms with Crippen LogP contribution in [0.5, 0.6) is 0 Å². The standard InChI is InChI=1S/C10H10ClNS2/c1-7-3-13-6-10(7)12-2-8-4-14-5-9(8)11/h3-6,12H,2H2,1H3. The van der Waals surface area contributed by atoms with Gasteiger partial charge >= 0.3 is 0 Å². The van der Waals surface area contributed by atoms with E-state index in [1.807, 2.05) is 5.38 Å². The molecule has 0 radical (unpaired) electrons. The molecule has 2 rings (SSSR count). The van der Waals surface area contributed by atoms with Gasteiger partial charge in [0, 0.05) is 28.6 Å². The molecule has 0 unspecified atom stereocenters. The van der Waals surface area contributed by atoms with Crippen LogP contribution < -0.4 is 5.32 Å². The molecule has 2 aromatic heterocycles. The molecule has 0 aliphatic heterocycles. The zero-order chi connectivity index (χ0) is 9.97. The minimum atomic E-state index is 0.805. The summed E-state index contributed by atoms with van der Waals surface area (Å²) >= 11 is 9.35. The predicted molar refractivity (Wildman–Crippen MR) is 65.7 cm³/mol. The monoisotopic (exact) mass is 243 g/mol. The Labute approximate surface area is 96.4 Å². The average Bonchev–Trinajstić information content (AvgIpc) is 2.72. The summed E-state index contributed by atoms with van der Waals surface area (Å²) < 4.78 is 0. The predicted octanol–water partition coefficient (Wildman–Crippen LogP) is 4.38. The van der Waals surface area contributed by atoms with Crippen molar-refractivity contribution in [3.63, 3.8) is 0 Å². The molecule has 0 bridgehead atoms. The van der Waals surface area contributed by atoms with Crippen molar-refractivity contribution in [1.82, 2.24) is 0 Å². The second-order valence-electron chi connectivity index (χ2n) is 3.07. The average molecular weight is 244 g/mol. The molecule has 74 valence electrons. The highest BCUT2D eigenvalue weighted by molar-refractivity contribution is 7.08. The van der Waals surface area contributed by atoms with Gasteiger partial charge in [-0.25, -0.2) is 0 Å². The fraction of sp³-hybridized carbons (Fsp3) is 0.200. The molecule has 4 heteroatoms. The number of anilines is 1. The first-order valence-corrected chi connectivity index (χ1v) is 6.51. The Balaban J connectivity index is 2.02. The van der Waals surface area contributed by atoms with E-state index in [2.05, 4.69) is 28.4 Å². The third-order valence-corrected chi connectivity index (χ3v) is 4.15. The smallest absolute Gasteiger partial charge is 0.0562 e. The maximum Gasteiger partial charge on any atom is 0.0562 e. The van der Waals surface area contributed by atoms with Crippen LogP contribution in [0.15, 0.2) is 21.5 Å². The van der Waals surface area contributed by atoms with E-state index in [-0.39, 0.29) is 0 Å². The fourth-order valence-corrected chi connectivity index (χ4v) is 3.02. The molecule has 14 heavy (non-hydrogen) atoms. The molecule has 1 N–H and O–H groups in total. The van der Waals surface area contributed by atoms with Gasteiger partial charge in [0.2, 0.25) is 0 Å². The molecule has 0 aliphatic rings. The number of hydrogen-bond acceptors (Lipinski definition) is 3. The normalized spacial score (nSPS) is 10.4. The van der Waals surface area contributed by atoms with Gasteiger partial charge in [-0.1, -0.05) is 11.6 Å². The van der Waals surface area contributed by atoms with Crippen molar-refractivity contribution < 1.29 is 0 Å². The Morgan fingerprint density at radius 3 is 2.57 bits per heavy atom. The summed E-state index contributed by atoms with van der Waals surface area (Å²) in [6, 6.07) is 0. The summed E-state index contributed by atoms with van der Waals surface area (Å²) in [5.41, 5.74) is 3.67. The van der Waals surface area contributed by atoms with Gasteiger partial charge in [-0.2, -0.15) is 11.3 Å². The van der Waals surface area contributed by atoms with Crippen LogP contribution in [0.1, 0.15) is 11.1 Å². The van der Waals surface area contributed by atoms with Gasteiger partial charge in [-0.15, -0.1) is 11.3 Å². The van der Waals surface area contributed by atoms with Crippen molar-refractivity contribution in [3.8, 4) is 0 Å². The van der Waals surface area contributed by atoms with E-state index >= 15 is 0 Å². The highest BCUT2D eigenvalue weighted by atomic mass is 35.5. The van der Waals surface area contributed by atoms with Crippen molar-refractivity contribution in [1.29, 1.82) is 0 Å². The van der Waals surface area contributed by atoms with Gasteiger partial charge in [0.1, 0.15) is 0 Å². The van der Waals surface area contributed by atoms with Gasteiger partial charge in [-0.3, -0.25) is 0 Å². The summed E-state index contributed by atoms with van der Waals surface area (Å²) in [7, 11) is 0. The molecule has 0 fully saturated rings. The van der Waals surface area contributed by atoms with Crippen LogP contribution in [-0.2, 0) is 6.54 Å². The maximum atomic E-state index is 5.99. The van der Waals surface area contributed by atoms with Crippen LogP contribution in [0.2, 0.25) is 5.02 Å². The molecule has 0 atom stereocenters. The Morgan fingerprint density at radius 1 is 1.21 bits per heavy atom. The van der Waals surface area contributed by atoms with E-state index in [0.29, 0.717) is 0 Å². The number of hydrogen-bond donors (Lipinski definition) is 1. The second kappa shape index (κ2) is 4.34. The molecule has 2 aromatic rings. The number of halogens is 1. The van der Waals surface area contributed by atoms with Crippen LogP contribution in [0.3, 0.4) is 0 Å². The lowest BCUT2D eigenvalue weighted by atomic mass is 10.3. The van der Waals surface area contributed by atoms with Gasteiger partial charge < -0.3 is 5.32 Å². The maximum absolute atomic E-state index is 5.99. The molecular formula is C10H10ClNS2. The molecular weight excluding hydrogens is 234 g/mol. The summed E-state index contributed by atoms with van der Waals surface area (Å²) in [6.45, 7) is 2.91. The molecule has 1 nitrogen and oxygen atoms in total. The summed E-state index contributed by atoms with van der Waals surface area (Å²) in [4.78, 5) is 0. The molecule has 0 aromatic carbocycles. The molecule has 0 saturated carbocycles. The summed E-state index contributed by atoms with van der Waals surface area (Å²) in [5, 5.41) is 12.5. The van der Waals surface area contributed by atoms with Crippen molar-refractivity contribution in [3.05, 3.63) is 37.7 Å². The van der Waals surface area contributed by atoms with Gasteiger partial charge in [0.05, 0.1) is 5.02 Å². The largest absolute Gasteiger partial charge is 0.380 e. The quantitative estimate of drug-likeness (QED) is 0.844. The van der Waals surface area contributed by atoms with E-state index in [1.165, 1.54) is 16.8 Å². The zero-order valence-electron chi connectivity index (χ0n) is 7.71. The first kappa shape index (κ1) is 10.0. The van der Waals surface area contributed by atoms with Crippen molar-refractivity contribution >= 4 is 40.0 Å². The number of aryl methyl sites for hydroxylation is 1. The third kappa shape index (κ3) is 2.11. The van der Waals surface area contributed by atoms with Gasteiger partial charge in [-0.05, 0) is 23.2 Å². The molecule has 0 aliphatic carbocycles. The summed E-state index contributed by atoms with van der Waals surface area (Å²) in [6.07, 6.45) is 0. The fourth-order valence-electron chi connectivity index (χ4n) is 1.17. The van der Waals surface area contributed by atoms with Crippen LogP contribution in [0, 0.1) is 6.92 Å². The lowest BCUT2D eigenvalue weighted by Crippen LogP contribution is -1.98. The number of thiophene rings is 2. The Kier molecular flexibility index (Phi) is 3.11. The third-order valence-electron chi connectivity index (χ3n) is 2.01. The van der Waals surface area contributed by atoms with Crippen LogP contribution >= 0.6 is 34.3 Å². The van der Waals surface area contributed by atoms with E-state index in [1.54, 1.807) is 22.7 Å². The van der Waals surface area contributed by atoms with Crippen molar-refractivity contribution in [2.24, 2.45) is 0 Å². The minimum absolute atomic E-state index is 0.805. The lowest BCUT2D eigenvalue weighted by molar-refractivity contribution is 1.16. The Hall–Kier alpha value is -0.510. The highest BCUT2D eigenvalue weighted by Gasteiger charge is 2.02. The molecule has 2 heterocycles. The topological polar surface area (TPSA) is 12.0 Å². The lowest BCUT2D eigenvalue weighted by Gasteiger charge is -2.04. The van der Waals surface area contributed by atoms with Crippen LogP contribution in [0.25, 0.3) is 0 Å². The van der Waals surface area contributed by atoms with E-state index in [9.17, 15) is 0 Å². The first-order valence-electron chi connectivity index (χ1n) is 4.24. The van der Waals surface area contributed by atoms with Crippen LogP contribution in [-0.4, -0.2) is 0 Å².